The van der Waals surface area contributed by atoms with Crippen LogP contribution >= 0.6 is 11.6 Å². The van der Waals surface area contributed by atoms with Gasteiger partial charge in [0.05, 0.1) is 16.8 Å². The number of aliphatic imine (C=N–C) groups is 1. The molecule has 1 heterocycles. The summed E-state index contributed by atoms with van der Waals surface area (Å²) in [5.74, 6) is 1.10. The van der Waals surface area contributed by atoms with Gasteiger partial charge in [-0.3, -0.25) is 4.99 Å². The minimum atomic E-state index is 0.0782. The van der Waals surface area contributed by atoms with Crippen LogP contribution in [0, 0.1) is 5.92 Å². The Kier molecular flexibility index (Phi) is 4.61. The van der Waals surface area contributed by atoms with Gasteiger partial charge in [-0.2, -0.15) is 0 Å². The number of para-hydroxylation sites is 1. The van der Waals surface area contributed by atoms with Gasteiger partial charge in [0.1, 0.15) is 5.75 Å². The fraction of sp³-hybridized carbons (Fsp3) is 0.160. The monoisotopic (exact) mass is 400 g/mol. The standard InChI is InChI=1S/C25H21ClN2O/c26-22-14-16(8-13-24(22)29)15-27-18-11-9-17(10-12-18)25-21-6-3-5-19(21)20-4-1-2-7-23(20)28-25/h1-5,7-15,19,21,25,28-29H,6H2/t19-,21+,25-/m0/s1. The van der Waals surface area contributed by atoms with Crippen LogP contribution in [0.15, 0.2) is 83.9 Å². The third kappa shape index (κ3) is 3.43. The van der Waals surface area contributed by atoms with Crippen LogP contribution in [0.1, 0.15) is 35.1 Å². The summed E-state index contributed by atoms with van der Waals surface area (Å²) in [4.78, 5) is 4.54. The zero-order valence-corrected chi connectivity index (χ0v) is 16.6. The summed E-state index contributed by atoms with van der Waals surface area (Å²) < 4.78 is 0. The second kappa shape index (κ2) is 7.41. The molecule has 5 rings (SSSR count). The Labute approximate surface area is 175 Å². The summed E-state index contributed by atoms with van der Waals surface area (Å²) in [5.41, 5.74) is 5.65. The molecular weight excluding hydrogens is 380 g/mol. The molecule has 29 heavy (non-hydrogen) atoms. The normalized spacial score (nSPS) is 22.3. The van der Waals surface area contributed by atoms with E-state index in [1.807, 2.05) is 12.1 Å². The second-order valence-corrected chi connectivity index (χ2v) is 8.03. The van der Waals surface area contributed by atoms with E-state index in [4.69, 9.17) is 11.6 Å². The quantitative estimate of drug-likeness (QED) is 0.383. The Balaban J connectivity index is 1.38. The third-order valence-corrected chi connectivity index (χ3v) is 6.16. The van der Waals surface area contributed by atoms with Crippen molar-refractivity contribution in [2.24, 2.45) is 10.9 Å². The van der Waals surface area contributed by atoms with Gasteiger partial charge in [-0.05, 0) is 65.4 Å². The van der Waals surface area contributed by atoms with Gasteiger partial charge in [-0.15, -0.1) is 0 Å². The SMILES string of the molecule is Oc1ccc(C=Nc2ccc([C@@H]3Nc4ccccc4[C@@H]4C=CC[C@H]43)cc2)cc1Cl. The molecule has 0 bridgehead atoms. The molecule has 0 amide bonds. The van der Waals surface area contributed by atoms with E-state index < -0.39 is 0 Å². The Hall–Kier alpha value is -3.04. The summed E-state index contributed by atoms with van der Waals surface area (Å²) >= 11 is 5.96. The van der Waals surface area contributed by atoms with Crippen molar-refractivity contribution in [3.8, 4) is 5.75 Å². The van der Waals surface area contributed by atoms with E-state index in [-0.39, 0.29) is 5.75 Å². The summed E-state index contributed by atoms with van der Waals surface area (Å²) in [6.45, 7) is 0. The van der Waals surface area contributed by atoms with E-state index in [0.717, 1.165) is 17.7 Å². The maximum absolute atomic E-state index is 9.52. The highest BCUT2D eigenvalue weighted by Gasteiger charge is 2.37. The minimum Gasteiger partial charge on any atom is -0.506 e. The van der Waals surface area contributed by atoms with Crippen molar-refractivity contribution >= 4 is 29.2 Å². The molecule has 0 spiro atoms. The van der Waals surface area contributed by atoms with E-state index in [0.29, 0.717) is 22.9 Å². The average Bonchev–Trinajstić information content (AvgIpc) is 3.25. The van der Waals surface area contributed by atoms with Crippen molar-refractivity contribution in [1.82, 2.24) is 0 Å². The Morgan fingerprint density at radius 2 is 1.86 bits per heavy atom. The molecule has 1 aliphatic carbocycles. The van der Waals surface area contributed by atoms with Gasteiger partial charge >= 0.3 is 0 Å². The number of benzene rings is 3. The molecule has 1 aliphatic heterocycles. The molecule has 0 saturated carbocycles. The first kappa shape index (κ1) is 18.0. The first-order valence-electron chi connectivity index (χ1n) is 9.84. The zero-order chi connectivity index (χ0) is 19.8. The molecule has 0 saturated heterocycles. The molecular formula is C25H21ClN2O. The van der Waals surface area contributed by atoms with Crippen LogP contribution in [-0.4, -0.2) is 11.3 Å². The molecule has 3 atom stereocenters. The fourth-order valence-corrected chi connectivity index (χ4v) is 4.58. The van der Waals surface area contributed by atoms with Gasteiger partial charge in [0.2, 0.25) is 0 Å². The van der Waals surface area contributed by atoms with Crippen LogP contribution in [0.25, 0.3) is 0 Å². The molecule has 3 aromatic carbocycles. The van der Waals surface area contributed by atoms with Crippen molar-refractivity contribution in [3.63, 3.8) is 0 Å². The Morgan fingerprint density at radius 3 is 2.69 bits per heavy atom. The highest BCUT2D eigenvalue weighted by Crippen LogP contribution is 2.49. The number of phenols is 1. The number of nitrogens with one attached hydrogen (secondary N) is 1. The van der Waals surface area contributed by atoms with E-state index in [1.54, 1.807) is 24.4 Å². The third-order valence-electron chi connectivity index (χ3n) is 5.86. The van der Waals surface area contributed by atoms with Gasteiger partial charge in [-0.1, -0.05) is 54.1 Å². The maximum atomic E-state index is 9.52. The number of fused-ring (bicyclic) bond motifs is 3. The van der Waals surface area contributed by atoms with Crippen molar-refractivity contribution in [2.45, 2.75) is 18.4 Å². The van der Waals surface area contributed by atoms with E-state index in [2.05, 4.69) is 58.9 Å². The molecule has 2 N–H and O–H groups in total. The lowest BCUT2D eigenvalue weighted by Crippen LogP contribution is -2.28. The predicted octanol–water partition coefficient (Wildman–Crippen LogP) is 6.62. The van der Waals surface area contributed by atoms with E-state index >= 15 is 0 Å². The molecule has 3 nitrogen and oxygen atoms in total. The van der Waals surface area contributed by atoms with Crippen molar-refractivity contribution in [1.29, 1.82) is 0 Å². The van der Waals surface area contributed by atoms with Crippen LogP contribution in [0.4, 0.5) is 11.4 Å². The van der Waals surface area contributed by atoms with Crippen LogP contribution in [0.3, 0.4) is 0 Å². The molecule has 144 valence electrons. The zero-order valence-electron chi connectivity index (χ0n) is 15.8. The summed E-state index contributed by atoms with van der Waals surface area (Å²) in [6, 6.07) is 22.4. The van der Waals surface area contributed by atoms with Crippen LogP contribution in [-0.2, 0) is 0 Å². The van der Waals surface area contributed by atoms with Crippen molar-refractivity contribution in [2.75, 3.05) is 5.32 Å². The first-order chi connectivity index (χ1) is 14.2. The summed E-state index contributed by atoms with van der Waals surface area (Å²) in [6.07, 6.45) is 7.52. The highest BCUT2D eigenvalue weighted by molar-refractivity contribution is 6.32. The number of halogens is 1. The van der Waals surface area contributed by atoms with Gasteiger partial charge in [0.15, 0.2) is 0 Å². The smallest absolute Gasteiger partial charge is 0.134 e. The number of hydrogen-bond acceptors (Lipinski definition) is 3. The number of phenolic OH excluding ortho intramolecular Hbond substituents is 1. The number of allylic oxidation sites excluding steroid dienone is 2. The highest BCUT2D eigenvalue weighted by atomic mass is 35.5. The molecule has 0 unspecified atom stereocenters. The van der Waals surface area contributed by atoms with E-state index in [9.17, 15) is 5.11 Å². The number of nitrogens with zero attached hydrogens (tertiary/aromatic N) is 1. The lowest BCUT2D eigenvalue weighted by atomic mass is 9.77. The number of anilines is 1. The van der Waals surface area contributed by atoms with E-state index in [1.165, 1.54) is 16.8 Å². The number of rotatable bonds is 3. The number of aromatic hydroxyl groups is 1. The fourth-order valence-electron chi connectivity index (χ4n) is 4.39. The molecule has 0 radical (unpaired) electrons. The van der Waals surface area contributed by atoms with Gasteiger partial charge in [0, 0.05) is 17.8 Å². The number of hydrogen-bond donors (Lipinski definition) is 2. The largest absolute Gasteiger partial charge is 0.506 e. The molecule has 3 aromatic rings. The topological polar surface area (TPSA) is 44.6 Å². The molecule has 0 fully saturated rings. The van der Waals surface area contributed by atoms with Crippen LogP contribution in [0.5, 0.6) is 5.75 Å². The predicted molar refractivity (Wildman–Crippen MR) is 120 cm³/mol. The molecule has 4 heteroatoms. The van der Waals surface area contributed by atoms with Gasteiger partial charge in [-0.25, -0.2) is 0 Å². The van der Waals surface area contributed by atoms with Crippen LogP contribution < -0.4 is 5.32 Å². The minimum absolute atomic E-state index is 0.0782. The Bertz CT molecular complexity index is 1100. The molecule has 0 aromatic heterocycles. The average molecular weight is 401 g/mol. The van der Waals surface area contributed by atoms with Gasteiger partial charge < -0.3 is 10.4 Å². The Morgan fingerprint density at radius 1 is 1.03 bits per heavy atom. The van der Waals surface area contributed by atoms with Crippen LogP contribution in [0.2, 0.25) is 5.02 Å². The summed E-state index contributed by atoms with van der Waals surface area (Å²) in [7, 11) is 0. The lowest BCUT2D eigenvalue weighted by molar-refractivity contribution is 0.425. The van der Waals surface area contributed by atoms with Crippen molar-refractivity contribution in [3.05, 3.63) is 101 Å². The second-order valence-electron chi connectivity index (χ2n) is 7.62. The van der Waals surface area contributed by atoms with Crippen molar-refractivity contribution < 1.29 is 5.11 Å². The summed E-state index contributed by atoms with van der Waals surface area (Å²) in [5, 5.41) is 13.6. The first-order valence-corrected chi connectivity index (χ1v) is 10.2. The molecule has 2 aliphatic rings. The van der Waals surface area contributed by atoms with Gasteiger partial charge in [0.25, 0.3) is 0 Å². The lowest BCUT2D eigenvalue weighted by Gasteiger charge is -2.37. The maximum Gasteiger partial charge on any atom is 0.134 e.